The lowest BCUT2D eigenvalue weighted by molar-refractivity contribution is -0.120. The fourth-order valence-electron chi connectivity index (χ4n) is 3.06. The zero-order valence-corrected chi connectivity index (χ0v) is 14.4. The maximum Gasteiger partial charge on any atom is 0.231 e. The number of nitrogens with zero attached hydrogens (tertiary/aromatic N) is 6. The second kappa shape index (κ2) is 6.95. The molecular weight excluding hydrogens is 334 g/mol. The molecule has 26 heavy (non-hydrogen) atoms. The van der Waals surface area contributed by atoms with Crippen LogP contribution in [0.3, 0.4) is 0 Å². The quantitative estimate of drug-likeness (QED) is 0.763. The molecule has 1 atom stereocenters. The van der Waals surface area contributed by atoms with E-state index in [1.807, 2.05) is 25.3 Å². The number of hydrogen-bond donors (Lipinski definition) is 1. The van der Waals surface area contributed by atoms with E-state index in [1.165, 1.54) is 0 Å². The van der Waals surface area contributed by atoms with Crippen LogP contribution in [0, 0.1) is 12.8 Å². The molecule has 1 N–H and O–H groups in total. The molecule has 134 valence electrons. The predicted octanol–water partition coefficient (Wildman–Crippen LogP) is 1.81. The second-order valence-electron chi connectivity index (χ2n) is 6.33. The number of carbonyl (C=O) groups is 1. The van der Waals surface area contributed by atoms with Crippen LogP contribution < -0.4 is 10.2 Å². The van der Waals surface area contributed by atoms with Crippen LogP contribution in [0.15, 0.2) is 41.4 Å². The van der Waals surface area contributed by atoms with Crippen LogP contribution in [0.4, 0.5) is 11.7 Å². The maximum absolute atomic E-state index is 12.5. The van der Waals surface area contributed by atoms with Gasteiger partial charge in [0.05, 0.1) is 11.6 Å². The van der Waals surface area contributed by atoms with E-state index in [0.717, 1.165) is 30.9 Å². The zero-order chi connectivity index (χ0) is 17.9. The third-order valence-corrected chi connectivity index (χ3v) is 4.40. The lowest BCUT2D eigenvalue weighted by Gasteiger charge is -2.32. The number of anilines is 2. The number of rotatable bonds is 4. The molecule has 9 nitrogen and oxygen atoms in total. The van der Waals surface area contributed by atoms with Gasteiger partial charge in [-0.2, -0.15) is 0 Å². The molecule has 0 bridgehead atoms. The van der Waals surface area contributed by atoms with Crippen molar-refractivity contribution in [2.75, 3.05) is 23.3 Å². The van der Waals surface area contributed by atoms with Crippen molar-refractivity contribution in [3.8, 4) is 5.82 Å². The third-order valence-electron chi connectivity index (χ3n) is 4.40. The fraction of sp³-hybridized carbons (Fsp3) is 0.353. The van der Waals surface area contributed by atoms with E-state index < -0.39 is 0 Å². The maximum atomic E-state index is 12.5. The highest BCUT2D eigenvalue weighted by atomic mass is 16.5. The summed E-state index contributed by atoms with van der Waals surface area (Å²) in [4.78, 5) is 18.6. The van der Waals surface area contributed by atoms with Gasteiger partial charge in [-0.05, 0) is 31.9 Å². The highest BCUT2D eigenvalue weighted by molar-refractivity contribution is 5.91. The minimum atomic E-state index is -0.135. The first-order valence-electron chi connectivity index (χ1n) is 8.50. The zero-order valence-electron chi connectivity index (χ0n) is 14.4. The van der Waals surface area contributed by atoms with Crippen molar-refractivity contribution >= 4 is 17.6 Å². The molecule has 0 saturated carbocycles. The smallest absolute Gasteiger partial charge is 0.231 e. The molecule has 0 spiro atoms. The van der Waals surface area contributed by atoms with Crippen LogP contribution in [-0.2, 0) is 4.79 Å². The van der Waals surface area contributed by atoms with Gasteiger partial charge in [0.1, 0.15) is 6.33 Å². The van der Waals surface area contributed by atoms with Crippen molar-refractivity contribution in [1.29, 1.82) is 0 Å². The lowest BCUT2D eigenvalue weighted by atomic mass is 9.97. The number of piperidine rings is 1. The summed E-state index contributed by atoms with van der Waals surface area (Å²) in [7, 11) is 0. The molecule has 3 aromatic rings. The van der Waals surface area contributed by atoms with Gasteiger partial charge in [-0.25, -0.2) is 4.98 Å². The fourth-order valence-corrected chi connectivity index (χ4v) is 3.06. The molecular formula is C17H19N7O2. The number of carbonyl (C=O) groups excluding carboxylic acids is 1. The van der Waals surface area contributed by atoms with Crippen LogP contribution in [-0.4, -0.2) is 43.9 Å². The number of amides is 1. The Hall–Kier alpha value is -3.23. The first-order valence-corrected chi connectivity index (χ1v) is 8.50. The topological polar surface area (TPSA) is 102 Å². The Morgan fingerprint density at radius 1 is 1.31 bits per heavy atom. The first-order chi connectivity index (χ1) is 12.7. The molecule has 9 heteroatoms. The molecule has 1 saturated heterocycles. The summed E-state index contributed by atoms with van der Waals surface area (Å²) < 4.78 is 6.85. The summed E-state index contributed by atoms with van der Waals surface area (Å²) in [6, 6.07) is 5.52. The number of hydrogen-bond acceptors (Lipinski definition) is 7. The van der Waals surface area contributed by atoms with E-state index in [9.17, 15) is 4.79 Å². The molecule has 1 aliphatic rings. The van der Waals surface area contributed by atoms with Gasteiger partial charge in [-0.1, -0.05) is 5.16 Å². The van der Waals surface area contributed by atoms with Crippen LogP contribution >= 0.6 is 0 Å². The summed E-state index contributed by atoms with van der Waals surface area (Å²) in [5, 5.41) is 15.1. The summed E-state index contributed by atoms with van der Waals surface area (Å²) in [5.74, 6) is 1.66. The molecule has 3 aromatic heterocycles. The highest BCUT2D eigenvalue weighted by Gasteiger charge is 2.27. The van der Waals surface area contributed by atoms with Crippen molar-refractivity contribution < 1.29 is 9.32 Å². The molecule has 1 aliphatic heterocycles. The Morgan fingerprint density at radius 3 is 2.85 bits per heavy atom. The Balaban J connectivity index is 1.42. The predicted molar refractivity (Wildman–Crippen MR) is 94.0 cm³/mol. The summed E-state index contributed by atoms with van der Waals surface area (Å²) in [6.45, 7) is 3.26. The Bertz CT molecular complexity index is 873. The third kappa shape index (κ3) is 3.41. The van der Waals surface area contributed by atoms with Crippen LogP contribution in [0.1, 0.15) is 18.5 Å². The van der Waals surface area contributed by atoms with Gasteiger partial charge in [0.2, 0.25) is 11.8 Å². The average molecular weight is 353 g/mol. The molecule has 4 heterocycles. The number of aromatic nitrogens is 5. The Labute approximate surface area is 150 Å². The normalized spacial score (nSPS) is 17.3. The monoisotopic (exact) mass is 353 g/mol. The van der Waals surface area contributed by atoms with Crippen molar-refractivity contribution in [3.05, 3.63) is 42.6 Å². The van der Waals surface area contributed by atoms with E-state index in [0.29, 0.717) is 18.2 Å². The van der Waals surface area contributed by atoms with E-state index in [-0.39, 0.29) is 11.8 Å². The van der Waals surface area contributed by atoms with Crippen LogP contribution in [0.25, 0.3) is 5.82 Å². The van der Waals surface area contributed by atoms with Gasteiger partial charge in [-0.15, -0.1) is 10.2 Å². The molecule has 1 amide bonds. The van der Waals surface area contributed by atoms with E-state index >= 15 is 0 Å². The molecule has 0 aromatic carbocycles. The van der Waals surface area contributed by atoms with Gasteiger partial charge in [0.15, 0.2) is 11.6 Å². The molecule has 0 unspecified atom stereocenters. The van der Waals surface area contributed by atoms with Gasteiger partial charge < -0.3 is 9.42 Å². The largest absolute Gasteiger partial charge is 0.354 e. The van der Waals surface area contributed by atoms with Gasteiger partial charge >= 0.3 is 0 Å². The van der Waals surface area contributed by atoms with Crippen molar-refractivity contribution in [2.45, 2.75) is 19.8 Å². The standard InChI is InChI=1S/C17H19N7O2/c1-12-9-16(26-22-12)19-17(25)13-3-2-7-23(10-13)14-4-5-15(21-20-14)24-8-6-18-11-24/h4-6,8-9,11,13H,2-3,7,10H2,1H3,(H,19,25)/t13-/m0/s1. The van der Waals surface area contributed by atoms with E-state index in [1.54, 1.807) is 23.2 Å². The van der Waals surface area contributed by atoms with E-state index in [4.69, 9.17) is 4.52 Å². The summed E-state index contributed by atoms with van der Waals surface area (Å²) in [6.07, 6.45) is 6.93. The second-order valence-corrected chi connectivity index (χ2v) is 6.33. The van der Waals surface area contributed by atoms with E-state index in [2.05, 4.69) is 30.6 Å². The molecule has 0 aliphatic carbocycles. The van der Waals surface area contributed by atoms with Crippen LogP contribution in [0.5, 0.6) is 0 Å². The lowest BCUT2D eigenvalue weighted by Crippen LogP contribution is -2.41. The Kier molecular flexibility index (Phi) is 4.34. The van der Waals surface area contributed by atoms with Crippen LogP contribution in [0.2, 0.25) is 0 Å². The number of nitrogens with one attached hydrogen (secondary N) is 1. The molecule has 0 radical (unpaired) electrons. The minimum Gasteiger partial charge on any atom is -0.354 e. The van der Waals surface area contributed by atoms with Gasteiger partial charge in [-0.3, -0.25) is 14.7 Å². The Morgan fingerprint density at radius 2 is 2.15 bits per heavy atom. The summed E-state index contributed by atoms with van der Waals surface area (Å²) in [5.41, 5.74) is 0.735. The average Bonchev–Trinajstić information content (AvgIpc) is 3.34. The summed E-state index contributed by atoms with van der Waals surface area (Å²) >= 11 is 0. The number of imidazole rings is 1. The first kappa shape index (κ1) is 16.2. The van der Waals surface area contributed by atoms with Gasteiger partial charge in [0.25, 0.3) is 0 Å². The van der Waals surface area contributed by atoms with Crippen molar-refractivity contribution in [1.82, 2.24) is 24.9 Å². The van der Waals surface area contributed by atoms with Crippen molar-refractivity contribution in [2.24, 2.45) is 5.92 Å². The van der Waals surface area contributed by atoms with Crippen molar-refractivity contribution in [3.63, 3.8) is 0 Å². The highest BCUT2D eigenvalue weighted by Crippen LogP contribution is 2.23. The molecule has 4 rings (SSSR count). The number of aryl methyl sites for hydroxylation is 1. The minimum absolute atomic E-state index is 0.0613. The molecule has 1 fully saturated rings. The van der Waals surface area contributed by atoms with Gasteiger partial charge in [0, 0.05) is 31.5 Å². The SMILES string of the molecule is Cc1cc(NC(=O)[C@H]2CCCN(c3ccc(-n4ccnc4)nn3)C2)on1.